The van der Waals surface area contributed by atoms with Gasteiger partial charge in [0.05, 0.1) is 4.92 Å². The van der Waals surface area contributed by atoms with Crippen molar-refractivity contribution < 1.29 is 4.92 Å². The molecule has 7 nitrogen and oxygen atoms in total. The van der Waals surface area contributed by atoms with Crippen molar-refractivity contribution >= 4 is 11.5 Å². The SMILES string of the molecule is Cc1nn(C)c(NC2CCN3CCCC3C2)c1[N+](=O)[O-]. The van der Waals surface area contributed by atoms with Crippen molar-refractivity contribution in [3.63, 3.8) is 0 Å². The van der Waals surface area contributed by atoms with E-state index in [9.17, 15) is 10.1 Å². The fourth-order valence-corrected chi connectivity index (χ4v) is 3.58. The van der Waals surface area contributed by atoms with Crippen molar-refractivity contribution in [2.45, 2.75) is 44.7 Å². The van der Waals surface area contributed by atoms with Crippen LogP contribution >= 0.6 is 0 Å². The third kappa shape index (κ3) is 2.26. The number of nitrogens with zero attached hydrogens (tertiary/aromatic N) is 4. The predicted octanol–water partition coefficient (Wildman–Crippen LogP) is 1.68. The fourth-order valence-electron chi connectivity index (χ4n) is 3.58. The molecule has 1 aromatic rings. The van der Waals surface area contributed by atoms with Crippen LogP contribution in [0.3, 0.4) is 0 Å². The van der Waals surface area contributed by atoms with Gasteiger partial charge in [-0.2, -0.15) is 5.10 Å². The highest BCUT2D eigenvalue weighted by molar-refractivity contribution is 5.59. The second-order valence-corrected chi connectivity index (χ2v) is 5.86. The standard InChI is InChI=1S/C13H21N5O2/c1-9-12(18(19)20)13(16(2)15-9)14-10-5-7-17-6-3-4-11(17)8-10/h10-11,14H,3-8H2,1-2H3. The van der Waals surface area contributed by atoms with E-state index in [1.807, 2.05) is 0 Å². The minimum Gasteiger partial charge on any atom is -0.362 e. The van der Waals surface area contributed by atoms with Crippen molar-refractivity contribution in [2.75, 3.05) is 18.4 Å². The number of aromatic nitrogens is 2. The van der Waals surface area contributed by atoms with Crippen molar-refractivity contribution in [2.24, 2.45) is 7.05 Å². The quantitative estimate of drug-likeness (QED) is 0.673. The Morgan fingerprint density at radius 1 is 1.40 bits per heavy atom. The molecule has 0 bridgehead atoms. The van der Waals surface area contributed by atoms with Crippen molar-refractivity contribution in [3.8, 4) is 0 Å². The first kappa shape index (κ1) is 13.4. The number of nitrogens with one attached hydrogen (secondary N) is 1. The highest BCUT2D eigenvalue weighted by Crippen LogP contribution is 2.32. The molecule has 2 aliphatic rings. The molecule has 2 saturated heterocycles. The molecular weight excluding hydrogens is 258 g/mol. The Morgan fingerprint density at radius 2 is 2.20 bits per heavy atom. The number of piperidine rings is 1. The average Bonchev–Trinajstić information content (AvgIpc) is 2.94. The van der Waals surface area contributed by atoms with E-state index in [1.54, 1.807) is 18.7 Å². The monoisotopic (exact) mass is 279 g/mol. The summed E-state index contributed by atoms with van der Waals surface area (Å²) in [6.07, 6.45) is 4.65. The summed E-state index contributed by atoms with van der Waals surface area (Å²) >= 11 is 0. The second-order valence-electron chi connectivity index (χ2n) is 5.86. The molecule has 2 aliphatic heterocycles. The Morgan fingerprint density at radius 3 is 2.95 bits per heavy atom. The molecule has 20 heavy (non-hydrogen) atoms. The number of rotatable bonds is 3. The molecule has 0 aliphatic carbocycles. The maximum atomic E-state index is 11.2. The Bertz CT molecular complexity index is 527. The Hall–Kier alpha value is -1.63. The predicted molar refractivity (Wildman–Crippen MR) is 75.8 cm³/mol. The summed E-state index contributed by atoms with van der Waals surface area (Å²) in [6, 6.07) is 0.956. The summed E-state index contributed by atoms with van der Waals surface area (Å²) in [5.41, 5.74) is 0.583. The molecule has 2 fully saturated rings. The van der Waals surface area contributed by atoms with Crippen LogP contribution in [0.25, 0.3) is 0 Å². The van der Waals surface area contributed by atoms with Crippen LogP contribution in [-0.2, 0) is 7.05 Å². The zero-order valence-electron chi connectivity index (χ0n) is 12.0. The van der Waals surface area contributed by atoms with Crippen LogP contribution in [-0.4, -0.2) is 44.8 Å². The van der Waals surface area contributed by atoms with Gasteiger partial charge in [0.1, 0.15) is 5.69 Å². The highest BCUT2D eigenvalue weighted by Gasteiger charge is 2.33. The largest absolute Gasteiger partial charge is 0.362 e. The van der Waals surface area contributed by atoms with Gasteiger partial charge in [-0.05, 0) is 39.2 Å². The van der Waals surface area contributed by atoms with E-state index in [-0.39, 0.29) is 10.6 Å². The van der Waals surface area contributed by atoms with Gasteiger partial charge in [-0.25, -0.2) is 4.68 Å². The van der Waals surface area contributed by atoms with Crippen LogP contribution in [0.5, 0.6) is 0 Å². The molecule has 1 N–H and O–H groups in total. The molecule has 2 atom stereocenters. The molecule has 2 unspecified atom stereocenters. The number of hydrogen-bond donors (Lipinski definition) is 1. The average molecular weight is 279 g/mol. The van der Waals surface area contributed by atoms with Gasteiger partial charge >= 0.3 is 5.69 Å². The van der Waals surface area contributed by atoms with Crippen molar-refractivity contribution in [1.29, 1.82) is 0 Å². The number of hydrogen-bond acceptors (Lipinski definition) is 5. The molecule has 0 amide bonds. The van der Waals surface area contributed by atoms with Crippen LogP contribution in [0.2, 0.25) is 0 Å². The van der Waals surface area contributed by atoms with E-state index in [1.165, 1.54) is 19.4 Å². The first-order valence-electron chi connectivity index (χ1n) is 7.25. The summed E-state index contributed by atoms with van der Waals surface area (Å²) in [6.45, 7) is 3.98. The molecule has 7 heteroatoms. The third-order valence-electron chi connectivity index (χ3n) is 4.53. The third-order valence-corrected chi connectivity index (χ3v) is 4.53. The van der Waals surface area contributed by atoms with Crippen LogP contribution in [0.15, 0.2) is 0 Å². The number of anilines is 1. The van der Waals surface area contributed by atoms with E-state index in [0.717, 1.165) is 19.4 Å². The molecule has 1 aromatic heterocycles. The van der Waals surface area contributed by atoms with E-state index in [2.05, 4.69) is 15.3 Å². The maximum absolute atomic E-state index is 11.2. The van der Waals surface area contributed by atoms with Gasteiger partial charge in [0.25, 0.3) is 0 Å². The zero-order valence-corrected chi connectivity index (χ0v) is 12.0. The summed E-state index contributed by atoms with van der Waals surface area (Å²) in [5, 5.41) is 18.7. The molecule has 3 rings (SSSR count). The van der Waals surface area contributed by atoms with E-state index in [4.69, 9.17) is 0 Å². The molecule has 0 aromatic carbocycles. The minimum absolute atomic E-state index is 0.112. The summed E-state index contributed by atoms with van der Waals surface area (Å²) in [7, 11) is 1.76. The maximum Gasteiger partial charge on any atom is 0.333 e. The van der Waals surface area contributed by atoms with E-state index in [0.29, 0.717) is 23.6 Å². The van der Waals surface area contributed by atoms with E-state index >= 15 is 0 Å². The van der Waals surface area contributed by atoms with Crippen LogP contribution in [0.4, 0.5) is 11.5 Å². The molecule has 3 heterocycles. The Kier molecular flexibility index (Phi) is 3.37. The summed E-state index contributed by atoms with van der Waals surface area (Å²) in [5.74, 6) is 0.545. The summed E-state index contributed by atoms with van der Waals surface area (Å²) in [4.78, 5) is 13.4. The smallest absolute Gasteiger partial charge is 0.333 e. The van der Waals surface area contributed by atoms with Gasteiger partial charge < -0.3 is 10.2 Å². The summed E-state index contributed by atoms with van der Waals surface area (Å²) < 4.78 is 1.59. The Labute approximate surface area is 118 Å². The molecule has 0 saturated carbocycles. The van der Waals surface area contributed by atoms with Gasteiger partial charge in [0, 0.05) is 25.7 Å². The van der Waals surface area contributed by atoms with Crippen LogP contribution < -0.4 is 5.32 Å². The van der Waals surface area contributed by atoms with Gasteiger partial charge in [0.2, 0.25) is 5.82 Å². The number of aryl methyl sites for hydroxylation is 2. The van der Waals surface area contributed by atoms with Crippen molar-refractivity contribution in [1.82, 2.24) is 14.7 Å². The van der Waals surface area contributed by atoms with Gasteiger partial charge in [-0.15, -0.1) is 0 Å². The molecule has 110 valence electrons. The highest BCUT2D eigenvalue weighted by atomic mass is 16.6. The van der Waals surface area contributed by atoms with Crippen LogP contribution in [0, 0.1) is 17.0 Å². The first-order valence-corrected chi connectivity index (χ1v) is 7.25. The van der Waals surface area contributed by atoms with Gasteiger partial charge in [0.15, 0.2) is 0 Å². The lowest BCUT2D eigenvalue weighted by molar-refractivity contribution is -0.384. The van der Waals surface area contributed by atoms with Gasteiger partial charge in [-0.1, -0.05) is 0 Å². The number of nitro groups is 1. The topological polar surface area (TPSA) is 76.2 Å². The number of fused-ring (bicyclic) bond motifs is 1. The van der Waals surface area contributed by atoms with Gasteiger partial charge in [-0.3, -0.25) is 10.1 Å². The second kappa shape index (κ2) is 5.05. The molecule has 0 spiro atoms. The minimum atomic E-state index is -0.338. The lowest BCUT2D eigenvalue weighted by atomic mass is 9.97. The normalized spacial score (nSPS) is 26.5. The molecule has 0 radical (unpaired) electrons. The molecular formula is C13H21N5O2. The Balaban J connectivity index is 1.76. The zero-order chi connectivity index (χ0) is 14.3. The van der Waals surface area contributed by atoms with Crippen molar-refractivity contribution in [3.05, 3.63) is 15.8 Å². The lowest BCUT2D eigenvalue weighted by Crippen LogP contribution is -2.43. The lowest BCUT2D eigenvalue weighted by Gasteiger charge is -2.35. The van der Waals surface area contributed by atoms with Crippen LogP contribution in [0.1, 0.15) is 31.4 Å². The fraction of sp³-hybridized carbons (Fsp3) is 0.769. The van der Waals surface area contributed by atoms with E-state index < -0.39 is 0 Å². The first-order chi connectivity index (χ1) is 9.56.